The quantitative estimate of drug-likeness (QED) is 0.149. The number of aromatic nitrogens is 1. The van der Waals surface area contributed by atoms with Crippen LogP contribution in [0.2, 0.25) is 0 Å². The third-order valence-corrected chi connectivity index (χ3v) is 10.3. The molecule has 5 aromatic carbocycles. The molecule has 2 nitrogen and oxygen atoms in total. The average Bonchev–Trinajstić information content (AvgIpc) is 3.03. The molecule has 0 spiro atoms. The Kier molecular flexibility index (Phi) is 9.14. The Labute approximate surface area is 236 Å². The van der Waals surface area contributed by atoms with Crippen molar-refractivity contribution >= 4 is 45.9 Å². The minimum Gasteiger partial charge on any atom is -0.347 e. The highest BCUT2D eigenvalue weighted by Crippen LogP contribution is 2.56. The first-order chi connectivity index (χ1) is 19.3. The summed E-state index contributed by atoms with van der Waals surface area (Å²) < 4.78 is 6.89. The normalized spacial score (nSPS) is 11.0. The molecule has 0 fully saturated rings. The van der Waals surface area contributed by atoms with Gasteiger partial charge in [-0.3, -0.25) is 4.98 Å². The number of para-hydroxylation sites is 1. The lowest BCUT2D eigenvalue weighted by Gasteiger charge is -2.37. The Balaban J connectivity index is 0.000000214. The second kappa shape index (κ2) is 13.3. The Morgan fingerprint density at radius 1 is 0.513 bits per heavy atom. The van der Waals surface area contributed by atoms with Crippen molar-refractivity contribution < 1.29 is 4.52 Å². The van der Waals surface area contributed by atoms with Crippen LogP contribution in [0.15, 0.2) is 158 Å². The smallest absolute Gasteiger partial charge is 0.0767 e. The van der Waals surface area contributed by atoms with E-state index >= 15 is 0 Å². The van der Waals surface area contributed by atoms with Gasteiger partial charge in [0.25, 0.3) is 0 Å². The summed E-state index contributed by atoms with van der Waals surface area (Å²) in [6.45, 7) is 0.577. The highest BCUT2D eigenvalue weighted by atomic mass is 35.5. The van der Waals surface area contributed by atoms with Crippen molar-refractivity contribution in [1.29, 1.82) is 0 Å². The minimum absolute atomic E-state index is 0.477. The van der Waals surface area contributed by atoms with Crippen LogP contribution in [0.4, 0.5) is 0 Å². The van der Waals surface area contributed by atoms with Crippen molar-refractivity contribution in [2.75, 3.05) is 0 Å². The summed E-state index contributed by atoms with van der Waals surface area (Å²) in [6, 6.07) is 54.4. The molecule has 0 aliphatic heterocycles. The second-order valence-electron chi connectivity index (χ2n) is 9.00. The molecule has 4 heteroatoms. The summed E-state index contributed by atoms with van der Waals surface area (Å²) in [7, 11) is -2.22. The maximum Gasteiger partial charge on any atom is 0.0767 e. The van der Waals surface area contributed by atoms with E-state index in [4.69, 9.17) is 16.1 Å². The molecule has 0 unspecified atom stereocenters. The van der Waals surface area contributed by atoms with Gasteiger partial charge < -0.3 is 4.52 Å². The van der Waals surface area contributed by atoms with Gasteiger partial charge in [0.05, 0.1) is 31.2 Å². The molecule has 0 N–H and O–H groups in total. The van der Waals surface area contributed by atoms with Crippen LogP contribution in [-0.4, -0.2) is 4.98 Å². The maximum atomic E-state index is 6.89. The van der Waals surface area contributed by atoms with E-state index in [1.54, 1.807) is 0 Å². The second-order valence-corrected chi connectivity index (χ2v) is 12.3. The highest BCUT2D eigenvalue weighted by Gasteiger charge is 2.35. The summed E-state index contributed by atoms with van der Waals surface area (Å²) in [4.78, 5) is 4.36. The SMILES string of the molecule is ClCc1ccc2ccccc2n1.c1ccc(CO[P](c2ccccc2)(c2ccccc2)c2ccccc2)cc1. The summed E-state index contributed by atoms with van der Waals surface area (Å²) >= 11 is 5.66. The summed E-state index contributed by atoms with van der Waals surface area (Å²) in [6.07, 6.45) is 0. The molecular weight excluding hydrogens is 517 g/mol. The molecule has 1 heterocycles. The Morgan fingerprint density at radius 3 is 1.49 bits per heavy atom. The minimum atomic E-state index is -2.22. The molecule has 6 aromatic rings. The van der Waals surface area contributed by atoms with E-state index in [2.05, 4.69) is 120 Å². The fourth-order valence-electron chi connectivity index (χ4n) is 4.51. The highest BCUT2D eigenvalue weighted by molar-refractivity contribution is 7.91. The summed E-state index contributed by atoms with van der Waals surface area (Å²) in [5, 5.41) is 4.86. The van der Waals surface area contributed by atoms with Gasteiger partial charge in [0.1, 0.15) is 0 Å². The molecule has 39 heavy (non-hydrogen) atoms. The Bertz CT molecular complexity index is 1480. The van der Waals surface area contributed by atoms with Crippen molar-refractivity contribution in [3.63, 3.8) is 0 Å². The standard InChI is InChI=1S/C25H22OP.C10H8ClN/c1-5-13-22(14-6-1)21-26-27(23-15-7-2-8-16-23,24-17-9-3-10-18-24)25-19-11-4-12-20-25;11-7-9-6-5-8-3-1-2-4-10(8)12-9/h1-20H,21H2;1-6H,7H2. The topological polar surface area (TPSA) is 22.1 Å². The van der Waals surface area contributed by atoms with Gasteiger partial charge in [-0.15, -0.1) is 11.6 Å². The fourth-order valence-corrected chi connectivity index (χ4v) is 8.12. The molecule has 0 aliphatic carbocycles. The molecule has 1 radical (unpaired) electrons. The van der Waals surface area contributed by atoms with E-state index < -0.39 is 7.49 Å². The van der Waals surface area contributed by atoms with Crippen molar-refractivity contribution in [2.24, 2.45) is 0 Å². The number of halogens is 1. The van der Waals surface area contributed by atoms with Crippen LogP contribution in [0.3, 0.4) is 0 Å². The van der Waals surface area contributed by atoms with Crippen molar-refractivity contribution in [2.45, 2.75) is 12.5 Å². The van der Waals surface area contributed by atoms with Crippen LogP contribution in [0.1, 0.15) is 11.3 Å². The van der Waals surface area contributed by atoms with Gasteiger partial charge in [0.2, 0.25) is 0 Å². The molecule has 6 rings (SSSR count). The van der Waals surface area contributed by atoms with Crippen LogP contribution in [0.5, 0.6) is 0 Å². The van der Waals surface area contributed by atoms with Gasteiger partial charge in [-0.05, 0) is 17.7 Å². The lowest BCUT2D eigenvalue weighted by Crippen LogP contribution is -2.32. The summed E-state index contributed by atoms with van der Waals surface area (Å²) in [5.74, 6) is 0.477. The number of benzene rings is 5. The van der Waals surface area contributed by atoms with Crippen LogP contribution in [0.25, 0.3) is 10.9 Å². The zero-order valence-corrected chi connectivity index (χ0v) is 23.3. The number of hydrogen-bond donors (Lipinski definition) is 0. The van der Waals surface area contributed by atoms with Gasteiger partial charge in [-0.1, -0.05) is 146 Å². The zero-order valence-electron chi connectivity index (χ0n) is 21.6. The van der Waals surface area contributed by atoms with Gasteiger partial charge in [-0.25, -0.2) is 0 Å². The van der Waals surface area contributed by atoms with Gasteiger partial charge >= 0.3 is 0 Å². The molecule has 0 amide bonds. The lowest BCUT2D eigenvalue weighted by atomic mass is 10.2. The number of alkyl halides is 1. The van der Waals surface area contributed by atoms with Crippen molar-refractivity contribution in [3.05, 3.63) is 169 Å². The number of hydrogen-bond acceptors (Lipinski definition) is 2. The molecule has 193 valence electrons. The number of rotatable bonds is 7. The number of pyridine rings is 1. The van der Waals surface area contributed by atoms with Crippen LogP contribution in [-0.2, 0) is 17.0 Å². The molecule has 0 bridgehead atoms. The largest absolute Gasteiger partial charge is 0.347 e. The zero-order chi connectivity index (χ0) is 26.8. The maximum absolute atomic E-state index is 6.89. The first-order valence-corrected chi connectivity index (χ1v) is 15.2. The average molecular weight is 547 g/mol. The van der Waals surface area contributed by atoms with Crippen molar-refractivity contribution in [1.82, 2.24) is 4.98 Å². The van der Waals surface area contributed by atoms with Gasteiger partial charge in [0, 0.05) is 21.3 Å². The van der Waals surface area contributed by atoms with E-state index in [-0.39, 0.29) is 0 Å². The Morgan fingerprint density at radius 2 is 0.974 bits per heavy atom. The van der Waals surface area contributed by atoms with E-state index in [0.29, 0.717) is 12.5 Å². The molecule has 0 atom stereocenters. The van der Waals surface area contributed by atoms with E-state index in [9.17, 15) is 0 Å². The lowest BCUT2D eigenvalue weighted by molar-refractivity contribution is 0.344. The molecule has 0 aliphatic rings. The first kappa shape index (κ1) is 26.8. The third kappa shape index (κ3) is 6.44. The van der Waals surface area contributed by atoms with Gasteiger partial charge in [0.15, 0.2) is 0 Å². The van der Waals surface area contributed by atoms with E-state index in [0.717, 1.165) is 16.6 Å². The number of fused-ring (bicyclic) bond motifs is 1. The molecule has 0 saturated heterocycles. The molecular formula is C35H30ClNOP. The predicted octanol–water partition coefficient (Wildman–Crippen LogP) is 8.09. The predicted molar refractivity (Wildman–Crippen MR) is 168 cm³/mol. The first-order valence-electron chi connectivity index (χ1n) is 12.9. The Hall–Kier alpha value is -3.81. The van der Waals surface area contributed by atoms with Crippen LogP contribution < -0.4 is 15.9 Å². The van der Waals surface area contributed by atoms with Crippen LogP contribution in [0, 0.1) is 0 Å². The molecule has 1 aromatic heterocycles. The summed E-state index contributed by atoms with van der Waals surface area (Å²) in [5.41, 5.74) is 3.12. The number of nitrogens with zero attached hydrogens (tertiary/aromatic N) is 1. The van der Waals surface area contributed by atoms with Gasteiger partial charge in [-0.2, -0.15) is 0 Å². The van der Waals surface area contributed by atoms with E-state index in [1.807, 2.05) is 42.5 Å². The monoisotopic (exact) mass is 546 g/mol. The van der Waals surface area contributed by atoms with Crippen molar-refractivity contribution in [3.8, 4) is 0 Å². The third-order valence-electron chi connectivity index (χ3n) is 6.42. The van der Waals surface area contributed by atoms with E-state index in [1.165, 1.54) is 21.5 Å². The fraction of sp³-hybridized carbons (Fsp3) is 0.0571. The van der Waals surface area contributed by atoms with Crippen LogP contribution >= 0.6 is 19.1 Å². The molecule has 0 saturated carbocycles.